The van der Waals surface area contributed by atoms with Crippen molar-refractivity contribution < 1.29 is 13.9 Å². The highest BCUT2D eigenvalue weighted by molar-refractivity contribution is 5.79. The quantitative estimate of drug-likeness (QED) is 0.481. The van der Waals surface area contributed by atoms with Crippen molar-refractivity contribution >= 4 is 28.9 Å². The molecule has 1 atom stereocenters. The number of ether oxygens (including phenoxy) is 1. The maximum atomic E-state index is 14.8. The molecule has 9 heteroatoms. The summed E-state index contributed by atoms with van der Waals surface area (Å²) < 4.78 is 22.0. The number of carbonyl (C=O) groups is 1. The smallest absolute Gasteiger partial charge is 0.410 e. The van der Waals surface area contributed by atoms with E-state index in [-0.39, 0.29) is 18.0 Å². The summed E-state index contributed by atoms with van der Waals surface area (Å²) in [4.78, 5) is 25.6. The first-order valence-electron chi connectivity index (χ1n) is 12.6. The molecule has 0 aromatic carbocycles. The maximum absolute atomic E-state index is 14.8. The van der Waals surface area contributed by atoms with Crippen molar-refractivity contribution in [1.82, 2.24) is 19.3 Å². The molecule has 0 bridgehead atoms. The van der Waals surface area contributed by atoms with Crippen LogP contribution < -0.4 is 10.2 Å². The van der Waals surface area contributed by atoms with Gasteiger partial charge in [0.25, 0.3) is 0 Å². The van der Waals surface area contributed by atoms with Gasteiger partial charge in [-0.3, -0.25) is 0 Å². The predicted octanol–water partition coefficient (Wildman–Crippen LogP) is 5.79. The number of imidazole rings is 1. The number of anilines is 2. The van der Waals surface area contributed by atoms with Crippen molar-refractivity contribution in [3.8, 4) is 0 Å². The average molecular weight is 509 g/mol. The number of aryl methyl sites for hydroxylation is 2. The fraction of sp³-hybridized carbons (Fsp3) is 0.464. The minimum atomic E-state index is -0.517. The van der Waals surface area contributed by atoms with Gasteiger partial charge in [0.2, 0.25) is 0 Å². The second-order valence-corrected chi connectivity index (χ2v) is 11.0. The third-order valence-electron chi connectivity index (χ3n) is 6.34. The lowest BCUT2D eigenvalue weighted by Gasteiger charge is -2.41. The summed E-state index contributed by atoms with van der Waals surface area (Å²) in [6.07, 6.45) is 5.26. The minimum Gasteiger partial charge on any atom is -0.444 e. The monoisotopic (exact) mass is 508 g/mol. The number of amides is 1. The summed E-state index contributed by atoms with van der Waals surface area (Å²) in [5, 5.41) is 3.42. The standard InChI is InChI=1S/C28H37FN6O2/c1-17(2)24(21-12-23(29)26-31-19(4)14-34(26)16-21)32-25-18(3)11-22(13-30-25)33-9-10-35(20(5)15-33)27(36)37-28(6,7)8/h11-14,16,20H,9-10,15H2,1-8H3,(H,30,32). The molecule has 4 rings (SSSR count). The van der Waals surface area contributed by atoms with E-state index in [0.717, 1.165) is 33.8 Å². The van der Waals surface area contributed by atoms with Crippen LogP contribution in [0.3, 0.4) is 0 Å². The summed E-state index contributed by atoms with van der Waals surface area (Å²) in [5.74, 6) is 0.341. The van der Waals surface area contributed by atoms with Gasteiger partial charge < -0.3 is 24.3 Å². The lowest BCUT2D eigenvalue weighted by molar-refractivity contribution is 0.0159. The van der Waals surface area contributed by atoms with Gasteiger partial charge in [0, 0.05) is 49.3 Å². The van der Waals surface area contributed by atoms with Crippen LogP contribution in [0, 0.1) is 19.7 Å². The highest BCUT2D eigenvalue weighted by Crippen LogP contribution is 2.28. The summed E-state index contributed by atoms with van der Waals surface area (Å²) in [5.41, 5.74) is 5.06. The molecule has 1 amide bonds. The van der Waals surface area contributed by atoms with Crippen molar-refractivity contribution in [1.29, 1.82) is 0 Å². The fourth-order valence-corrected chi connectivity index (χ4v) is 4.57. The number of nitrogens with one attached hydrogen (secondary N) is 1. The lowest BCUT2D eigenvalue weighted by atomic mass is 10.1. The van der Waals surface area contributed by atoms with E-state index in [1.54, 1.807) is 9.30 Å². The Bertz CT molecular complexity index is 1350. The third kappa shape index (κ3) is 5.87. The highest BCUT2D eigenvalue weighted by atomic mass is 19.1. The van der Waals surface area contributed by atoms with Crippen LogP contribution in [0.4, 0.5) is 20.7 Å². The Kier molecular flexibility index (Phi) is 7.17. The molecule has 1 aliphatic heterocycles. The van der Waals surface area contributed by atoms with Gasteiger partial charge in [0.05, 0.1) is 17.6 Å². The molecular formula is C28H37FN6O2. The van der Waals surface area contributed by atoms with Gasteiger partial charge in [-0.25, -0.2) is 19.2 Å². The summed E-state index contributed by atoms with van der Waals surface area (Å²) in [6, 6.07) is 3.61. The van der Waals surface area contributed by atoms with E-state index < -0.39 is 5.60 Å². The zero-order chi connectivity index (χ0) is 27.1. The van der Waals surface area contributed by atoms with Crippen LogP contribution >= 0.6 is 0 Å². The van der Waals surface area contributed by atoms with E-state index in [0.29, 0.717) is 31.1 Å². The predicted molar refractivity (Wildman–Crippen MR) is 145 cm³/mol. The summed E-state index contributed by atoms with van der Waals surface area (Å²) in [7, 11) is 0. The number of nitrogens with zero attached hydrogens (tertiary/aromatic N) is 5. The number of hydrogen-bond acceptors (Lipinski definition) is 6. The second-order valence-electron chi connectivity index (χ2n) is 11.0. The average Bonchev–Trinajstić information content (AvgIpc) is 3.17. The molecule has 0 radical (unpaired) electrons. The molecule has 1 unspecified atom stereocenters. The van der Waals surface area contributed by atoms with Gasteiger partial charge in [0.15, 0.2) is 11.5 Å². The van der Waals surface area contributed by atoms with Crippen LogP contribution in [-0.4, -0.2) is 56.6 Å². The molecule has 37 heavy (non-hydrogen) atoms. The topological polar surface area (TPSA) is 75.0 Å². The van der Waals surface area contributed by atoms with Crippen molar-refractivity contribution in [3.63, 3.8) is 0 Å². The van der Waals surface area contributed by atoms with Crippen LogP contribution in [0.1, 0.15) is 58.4 Å². The van der Waals surface area contributed by atoms with Gasteiger partial charge >= 0.3 is 6.09 Å². The molecule has 0 spiro atoms. The molecule has 198 valence electrons. The van der Waals surface area contributed by atoms with Crippen molar-refractivity contribution in [3.05, 3.63) is 58.9 Å². The van der Waals surface area contributed by atoms with E-state index in [2.05, 4.69) is 21.3 Å². The number of aromatic nitrogens is 3. The zero-order valence-electron chi connectivity index (χ0n) is 23.0. The highest BCUT2D eigenvalue weighted by Gasteiger charge is 2.31. The molecule has 1 saturated heterocycles. The molecule has 3 aromatic heterocycles. The molecule has 3 aromatic rings. The van der Waals surface area contributed by atoms with Crippen molar-refractivity contribution in [2.75, 3.05) is 29.9 Å². The van der Waals surface area contributed by atoms with Gasteiger partial charge in [0.1, 0.15) is 11.4 Å². The molecule has 1 fully saturated rings. The molecule has 8 nitrogen and oxygen atoms in total. The third-order valence-corrected chi connectivity index (χ3v) is 6.34. The number of hydrogen-bond donors (Lipinski definition) is 1. The maximum Gasteiger partial charge on any atom is 0.410 e. The normalized spacial score (nSPS) is 16.2. The van der Waals surface area contributed by atoms with Crippen LogP contribution in [0.5, 0.6) is 0 Å². The molecule has 4 heterocycles. The number of halogens is 1. The van der Waals surface area contributed by atoms with Crippen molar-refractivity contribution in [2.45, 2.75) is 67.0 Å². The fourth-order valence-electron chi connectivity index (χ4n) is 4.57. The van der Waals surface area contributed by atoms with E-state index in [9.17, 15) is 9.18 Å². The first-order valence-corrected chi connectivity index (χ1v) is 12.6. The van der Waals surface area contributed by atoms with Gasteiger partial charge in [-0.2, -0.15) is 0 Å². The van der Waals surface area contributed by atoms with E-state index >= 15 is 0 Å². The van der Waals surface area contributed by atoms with Gasteiger partial charge in [-0.05, 0) is 73.1 Å². The number of piperazine rings is 1. The summed E-state index contributed by atoms with van der Waals surface area (Å²) >= 11 is 0. The van der Waals surface area contributed by atoms with Crippen LogP contribution in [0.25, 0.3) is 11.3 Å². The molecule has 1 N–H and O–H groups in total. The number of fused-ring (bicyclic) bond motifs is 1. The Morgan fingerprint density at radius 2 is 1.89 bits per heavy atom. The second kappa shape index (κ2) is 10.0. The summed E-state index contributed by atoms with van der Waals surface area (Å²) in [6.45, 7) is 17.5. The Labute approximate surface area is 218 Å². The Balaban J connectivity index is 1.51. The number of carbonyl (C=O) groups excluding carboxylic acids is 1. The van der Waals surface area contributed by atoms with Crippen LogP contribution in [-0.2, 0) is 4.74 Å². The number of rotatable bonds is 4. The lowest BCUT2D eigenvalue weighted by Crippen LogP contribution is -2.55. The first-order chi connectivity index (χ1) is 17.3. The first kappa shape index (κ1) is 26.4. The van der Waals surface area contributed by atoms with Crippen molar-refractivity contribution in [2.24, 2.45) is 0 Å². The number of pyridine rings is 2. The van der Waals surface area contributed by atoms with Crippen LogP contribution in [0.15, 0.2) is 36.3 Å². The molecule has 0 aliphatic carbocycles. The Morgan fingerprint density at radius 3 is 2.51 bits per heavy atom. The van der Waals surface area contributed by atoms with Gasteiger partial charge in [-0.15, -0.1) is 0 Å². The van der Waals surface area contributed by atoms with Crippen LogP contribution in [0.2, 0.25) is 0 Å². The molecule has 1 aliphatic rings. The zero-order valence-corrected chi connectivity index (χ0v) is 23.0. The Morgan fingerprint density at radius 1 is 1.16 bits per heavy atom. The Hall–Kier alpha value is -3.62. The minimum absolute atomic E-state index is 0.00983. The molecular weight excluding hydrogens is 471 g/mol. The number of allylic oxidation sites excluding steroid dienone is 1. The molecule has 0 saturated carbocycles. The van der Waals surface area contributed by atoms with E-state index in [4.69, 9.17) is 9.72 Å². The largest absolute Gasteiger partial charge is 0.444 e. The van der Waals surface area contributed by atoms with E-state index in [1.165, 1.54) is 6.07 Å². The van der Waals surface area contributed by atoms with E-state index in [1.807, 2.05) is 74.0 Å². The SMILES string of the molecule is CC(C)=C(Nc1ncc(N2CCN(C(=O)OC(C)(C)C)C(C)C2)cc1C)c1cc(F)c2nc(C)cn2c1. The van der Waals surface area contributed by atoms with Gasteiger partial charge in [-0.1, -0.05) is 5.57 Å².